The Labute approximate surface area is 108 Å². The summed E-state index contributed by atoms with van der Waals surface area (Å²) in [5.74, 6) is -0.277. The molecule has 0 saturated carbocycles. The minimum absolute atomic E-state index is 0.119. The van der Waals surface area contributed by atoms with Gasteiger partial charge in [0.05, 0.1) is 5.69 Å². The molecule has 0 spiro atoms. The van der Waals surface area contributed by atoms with Gasteiger partial charge in [-0.15, -0.1) is 0 Å². The first-order chi connectivity index (χ1) is 9.24. The van der Waals surface area contributed by atoms with Gasteiger partial charge in [-0.3, -0.25) is 4.79 Å². The third kappa shape index (κ3) is 1.38. The van der Waals surface area contributed by atoms with Crippen LogP contribution in [0.5, 0.6) is 0 Å². The molecule has 0 unspecified atom stereocenters. The zero-order valence-corrected chi connectivity index (χ0v) is 10.0. The molecule has 0 amide bonds. The highest BCUT2D eigenvalue weighted by atomic mass is 19.1. The summed E-state index contributed by atoms with van der Waals surface area (Å²) in [7, 11) is 0. The van der Waals surface area contributed by atoms with E-state index in [1.54, 1.807) is 6.07 Å². The summed E-state index contributed by atoms with van der Waals surface area (Å²) in [6, 6.07) is 12.3. The van der Waals surface area contributed by atoms with Gasteiger partial charge in [0.15, 0.2) is 0 Å². The summed E-state index contributed by atoms with van der Waals surface area (Å²) in [6.45, 7) is 0. The molecule has 0 saturated heterocycles. The number of hydrogen-bond donors (Lipinski definition) is 1. The third-order valence-electron chi connectivity index (χ3n) is 3.75. The van der Waals surface area contributed by atoms with Crippen LogP contribution in [-0.2, 0) is 6.42 Å². The van der Waals surface area contributed by atoms with E-state index in [1.165, 1.54) is 12.1 Å². The van der Waals surface area contributed by atoms with Crippen molar-refractivity contribution in [3.05, 3.63) is 69.8 Å². The average molecular weight is 251 g/mol. The lowest BCUT2D eigenvalue weighted by Gasteiger charge is -2.04. The number of hydrogen-bond acceptors (Lipinski definition) is 1. The fourth-order valence-electron chi connectivity index (χ4n) is 2.87. The lowest BCUT2D eigenvalue weighted by atomic mass is 10.0. The van der Waals surface area contributed by atoms with Crippen LogP contribution < -0.4 is 5.56 Å². The van der Waals surface area contributed by atoms with Crippen molar-refractivity contribution in [2.24, 2.45) is 0 Å². The molecule has 0 fully saturated rings. The maximum absolute atomic E-state index is 13.4. The number of fused-ring (bicyclic) bond motifs is 5. The molecular formula is C16H10FNO. The standard InChI is InChI=1S/C16H10FNO/c17-10-6-5-9-7-14-11-3-1-2-4-12(11)16(19)18-15(14)13(9)8-10/h1-6,8H,7H2,(H,18,19). The molecule has 1 aliphatic carbocycles. The van der Waals surface area contributed by atoms with Crippen molar-refractivity contribution in [3.63, 3.8) is 0 Å². The Morgan fingerprint density at radius 3 is 2.68 bits per heavy atom. The Bertz CT molecular complexity index is 880. The van der Waals surface area contributed by atoms with Gasteiger partial charge in [-0.25, -0.2) is 4.39 Å². The van der Waals surface area contributed by atoms with Gasteiger partial charge in [-0.1, -0.05) is 24.3 Å². The van der Waals surface area contributed by atoms with Crippen LogP contribution in [0.15, 0.2) is 47.3 Å². The number of aromatic amines is 1. The quantitative estimate of drug-likeness (QED) is 0.511. The van der Waals surface area contributed by atoms with Gasteiger partial charge in [0.2, 0.25) is 0 Å². The molecule has 1 heterocycles. The van der Waals surface area contributed by atoms with E-state index in [2.05, 4.69) is 4.98 Å². The lowest BCUT2D eigenvalue weighted by molar-refractivity contribution is 0.628. The summed E-state index contributed by atoms with van der Waals surface area (Å²) in [5, 5.41) is 1.65. The van der Waals surface area contributed by atoms with Crippen molar-refractivity contribution in [1.29, 1.82) is 0 Å². The van der Waals surface area contributed by atoms with E-state index in [0.717, 1.165) is 34.2 Å². The molecule has 19 heavy (non-hydrogen) atoms. The zero-order valence-electron chi connectivity index (χ0n) is 10.0. The van der Waals surface area contributed by atoms with Crippen molar-refractivity contribution in [2.45, 2.75) is 6.42 Å². The molecule has 0 bridgehead atoms. The summed E-state index contributed by atoms with van der Waals surface area (Å²) < 4.78 is 13.4. The summed E-state index contributed by atoms with van der Waals surface area (Å²) in [4.78, 5) is 15.0. The minimum atomic E-state index is -0.277. The van der Waals surface area contributed by atoms with Gasteiger partial charge in [-0.05, 0) is 34.7 Å². The number of nitrogens with one attached hydrogen (secondary N) is 1. The van der Waals surface area contributed by atoms with Crippen LogP contribution in [0.25, 0.3) is 22.0 Å². The second kappa shape index (κ2) is 3.54. The Morgan fingerprint density at radius 1 is 1.05 bits per heavy atom. The molecule has 1 N–H and O–H groups in total. The number of halogens is 1. The van der Waals surface area contributed by atoms with Crippen LogP contribution in [0.1, 0.15) is 11.1 Å². The second-order valence-electron chi connectivity index (χ2n) is 4.83. The first-order valence-electron chi connectivity index (χ1n) is 6.17. The van der Waals surface area contributed by atoms with Crippen LogP contribution in [0.4, 0.5) is 4.39 Å². The highest BCUT2D eigenvalue weighted by Crippen LogP contribution is 2.37. The van der Waals surface area contributed by atoms with Gasteiger partial charge in [0, 0.05) is 17.4 Å². The van der Waals surface area contributed by atoms with Crippen LogP contribution in [0, 0.1) is 5.82 Å². The van der Waals surface area contributed by atoms with E-state index in [4.69, 9.17) is 0 Å². The first kappa shape index (κ1) is 10.5. The van der Waals surface area contributed by atoms with E-state index >= 15 is 0 Å². The molecule has 0 radical (unpaired) electrons. The molecule has 3 heteroatoms. The number of aromatic nitrogens is 1. The Kier molecular flexibility index (Phi) is 1.96. The number of pyridine rings is 1. The Hall–Kier alpha value is -2.42. The van der Waals surface area contributed by atoms with Crippen LogP contribution in [0.2, 0.25) is 0 Å². The SMILES string of the molecule is O=c1[nH]c2c(c3ccccc13)Cc1ccc(F)cc1-2. The summed E-state index contributed by atoms with van der Waals surface area (Å²) in [5.41, 5.74) is 3.58. The van der Waals surface area contributed by atoms with Crippen LogP contribution >= 0.6 is 0 Å². The number of rotatable bonds is 0. The molecule has 0 atom stereocenters. The molecule has 2 aromatic carbocycles. The Balaban J connectivity index is 2.15. The van der Waals surface area contributed by atoms with Crippen molar-refractivity contribution >= 4 is 10.8 Å². The fourth-order valence-corrected chi connectivity index (χ4v) is 2.87. The van der Waals surface area contributed by atoms with E-state index in [9.17, 15) is 9.18 Å². The summed E-state index contributed by atoms with van der Waals surface area (Å²) >= 11 is 0. The molecule has 2 nitrogen and oxygen atoms in total. The van der Waals surface area contributed by atoms with Gasteiger partial charge in [0.25, 0.3) is 5.56 Å². The summed E-state index contributed by atoms with van der Waals surface area (Å²) in [6.07, 6.45) is 0.738. The van der Waals surface area contributed by atoms with E-state index < -0.39 is 0 Å². The van der Waals surface area contributed by atoms with Crippen molar-refractivity contribution in [3.8, 4) is 11.3 Å². The van der Waals surface area contributed by atoms with E-state index in [-0.39, 0.29) is 11.4 Å². The average Bonchev–Trinajstić information content (AvgIpc) is 2.78. The third-order valence-corrected chi connectivity index (χ3v) is 3.75. The van der Waals surface area contributed by atoms with E-state index in [0.29, 0.717) is 5.39 Å². The lowest BCUT2D eigenvalue weighted by Crippen LogP contribution is -2.08. The van der Waals surface area contributed by atoms with Gasteiger partial charge >= 0.3 is 0 Å². The second-order valence-corrected chi connectivity index (χ2v) is 4.83. The maximum Gasteiger partial charge on any atom is 0.256 e. The first-order valence-corrected chi connectivity index (χ1v) is 6.17. The minimum Gasteiger partial charge on any atom is -0.321 e. The molecule has 3 aromatic rings. The van der Waals surface area contributed by atoms with E-state index in [1.807, 2.05) is 24.3 Å². The van der Waals surface area contributed by atoms with Gasteiger partial charge in [-0.2, -0.15) is 0 Å². The smallest absolute Gasteiger partial charge is 0.256 e. The molecule has 0 aliphatic heterocycles. The van der Waals surface area contributed by atoms with Gasteiger partial charge in [0.1, 0.15) is 5.82 Å². The normalized spacial score (nSPS) is 12.5. The van der Waals surface area contributed by atoms with Crippen LogP contribution in [0.3, 0.4) is 0 Å². The molecule has 1 aromatic heterocycles. The Morgan fingerprint density at radius 2 is 1.84 bits per heavy atom. The molecule has 92 valence electrons. The highest BCUT2D eigenvalue weighted by molar-refractivity contribution is 5.92. The zero-order chi connectivity index (χ0) is 13.0. The molecule has 1 aliphatic rings. The fraction of sp³-hybridized carbons (Fsp3) is 0.0625. The monoisotopic (exact) mass is 251 g/mol. The van der Waals surface area contributed by atoms with Gasteiger partial charge < -0.3 is 4.98 Å². The highest BCUT2D eigenvalue weighted by Gasteiger charge is 2.22. The largest absolute Gasteiger partial charge is 0.321 e. The number of benzene rings is 2. The predicted octanol–water partition coefficient (Wildman–Crippen LogP) is 3.24. The number of H-pyrrole nitrogens is 1. The topological polar surface area (TPSA) is 32.9 Å². The van der Waals surface area contributed by atoms with Crippen molar-refractivity contribution in [1.82, 2.24) is 4.98 Å². The molecular weight excluding hydrogens is 241 g/mol. The van der Waals surface area contributed by atoms with Crippen LogP contribution in [-0.4, -0.2) is 4.98 Å². The van der Waals surface area contributed by atoms with Crippen molar-refractivity contribution in [2.75, 3.05) is 0 Å². The predicted molar refractivity (Wildman–Crippen MR) is 72.8 cm³/mol. The van der Waals surface area contributed by atoms with Crippen molar-refractivity contribution < 1.29 is 4.39 Å². The molecule has 4 rings (SSSR count). The maximum atomic E-state index is 13.4.